The summed E-state index contributed by atoms with van der Waals surface area (Å²) < 4.78 is 0. The predicted molar refractivity (Wildman–Crippen MR) is 127 cm³/mol. The summed E-state index contributed by atoms with van der Waals surface area (Å²) in [6.07, 6.45) is 4.13. The number of carbonyl (C=O) groups excluding carboxylic acids is 1. The molecule has 1 heterocycles. The van der Waals surface area contributed by atoms with E-state index in [9.17, 15) is 9.90 Å². The van der Waals surface area contributed by atoms with E-state index in [0.29, 0.717) is 6.54 Å². The molecule has 0 aliphatic heterocycles. The second-order valence-corrected chi connectivity index (χ2v) is 10.9. The number of likely N-dealkylation sites (N-methyl/N-ethyl adjacent to an activating group) is 1. The van der Waals surface area contributed by atoms with E-state index in [1.54, 1.807) is 22.3 Å². The molecule has 4 rings (SSSR count). The Kier molecular flexibility index (Phi) is 6.10. The smallest absolute Gasteiger partial charge is 0.225 e. The van der Waals surface area contributed by atoms with Crippen molar-refractivity contribution in [1.29, 1.82) is 0 Å². The first-order valence-electron chi connectivity index (χ1n) is 11.4. The van der Waals surface area contributed by atoms with Crippen molar-refractivity contribution < 1.29 is 9.90 Å². The molecule has 2 aromatic rings. The van der Waals surface area contributed by atoms with E-state index in [1.807, 2.05) is 20.0 Å². The van der Waals surface area contributed by atoms with Crippen molar-refractivity contribution in [3.63, 3.8) is 0 Å². The van der Waals surface area contributed by atoms with Crippen LogP contribution in [-0.2, 0) is 11.2 Å². The van der Waals surface area contributed by atoms with Gasteiger partial charge in [0, 0.05) is 35.9 Å². The Balaban J connectivity index is 1.61. The molecule has 6 atom stereocenters. The Bertz CT molecular complexity index is 956. The summed E-state index contributed by atoms with van der Waals surface area (Å²) in [6, 6.07) is 10.4. The zero-order valence-electron chi connectivity index (χ0n) is 19.0. The van der Waals surface area contributed by atoms with Crippen molar-refractivity contribution in [3.8, 4) is 10.6 Å². The number of rotatable bonds is 5. The Labute approximate surface area is 190 Å². The number of nitrogens with zero attached hydrogens (tertiary/aromatic N) is 2. The van der Waals surface area contributed by atoms with Gasteiger partial charge in [0.15, 0.2) is 0 Å². The summed E-state index contributed by atoms with van der Waals surface area (Å²) in [4.78, 5) is 21.0. The van der Waals surface area contributed by atoms with Crippen LogP contribution in [-0.4, -0.2) is 40.6 Å². The molecule has 1 aromatic heterocycles. The molecule has 1 aromatic carbocycles. The molecule has 0 bridgehead atoms. The van der Waals surface area contributed by atoms with Crippen molar-refractivity contribution in [3.05, 3.63) is 53.6 Å². The Hall–Kier alpha value is -1.98. The van der Waals surface area contributed by atoms with Crippen LogP contribution >= 0.6 is 11.3 Å². The van der Waals surface area contributed by atoms with Gasteiger partial charge in [0.1, 0.15) is 5.01 Å². The number of aliphatic hydroxyl groups excluding tert-OH is 1. The van der Waals surface area contributed by atoms with E-state index in [1.165, 1.54) is 4.88 Å². The van der Waals surface area contributed by atoms with E-state index in [4.69, 9.17) is 4.98 Å². The van der Waals surface area contributed by atoms with E-state index in [0.717, 1.165) is 35.5 Å². The summed E-state index contributed by atoms with van der Waals surface area (Å²) in [5.74, 6) is 0.164. The highest BCUT2D eigenvalue weighted by Gasteiger charge is 2.54. The molecule has 166 valence electrons. The average Bonchev–Trinajstić information content (AvgIpc) is 3.17. The lowest BCUT2D eigenvalue weighted by molar-refractivity contribution is -0.143. The van der Waals surface area contributed by atoms with Crippen LogP contribution < -0.4 is 0 Å². The third-order valence-electron chi connectivity index (χ3n) is 7.75. The highest BCUT2D eigenvalue weighted by atomic mass is 32.1. The van der Waals surface area contributed by atoms with Crippen LogP contribution in [0.5, 0.6) is 0 Å². The van der Waals surface area contributed by atoms with Gasteiger partial charge in [-0.2, -0.15) is 0 Å². The monoisotopic (exact) mass is 438 g/mol. The molecule has 0 radical (unpaired) electrons. The van der Waals surface area contributed by atoms with Gasteiger partial charge in [-0.25, -0.2) is 4.98 Å². The number of thiazole rings is 1. The molecule has 4 nitrogen and oxygen atoms in total. The molecule has 6 unspecified atom stereocenters. The number of hydrogen-bond acceptors (Lipinski definition) is 4. The van der Waals surface area contributed by atoms with E-state index in [2.05, 4.69) is 44.7 Å². The Morgan fingerprint density at radius 1 is 1.42 bits per heavy atom. The van der Waals surface area contributed by atoms with Gasteiger partial charge in [-0.05, 0) is 36.5 Å². The van der Waals surface area contributed by atoms with Crippen LogP contribution in [0.4, 0.5) is 0 Å². The fraction of sp³-hybridized carbons (Fsp3) is 0.538. The minimum absolute atomic E-state index is 0.0194. The maximum atomic E-state index is 12.9. The van der Waals surface area contributed by atoms with Gasteiger partial charge >= 0.3 is 0 Å². The van der Waals surface area contributed by atoms with Crippen molar-refractivity contribution in [2.24, 2.45) is 23.2 Å². The molecule has 1 fully saturated rings. The number of carbonyl (C=O) groups is 1. The van der Waals surface area contributed by atoms with E-state index in [-0.39, 0.29) is 35.0 Å². The molecule has 2 aliphatic carbocycles. The number of aromatic nitrogens is 1. The minimum atomic E-state index is -0.500. The summed E-state index contributed by atoms with van der Waals surface area (Å²) in [6.45, 7) is 10.8. The first-order valence-corrected chi connectivity index (χ1v) is 12.2. The Morgan fingerprint density at radius 2 is 2.13 bits per heavy atom. The first kappa shape index (κ1) is 22.2. The molecule has 1 saturated carbocycles. The lowest BCUT2D eigenvalue weighted by Gasteiger charge is -2.53. The van der Waals surface area contributed by atoms with Crippen LogP contribution in [0, 0.1) is 23.2 Å². The minimum Gasteiger partial charge on any atom is -0.392 e. The van der Waals surface area contributed by atoms with Gasteiger partial charge in [0.2, 0.25) is 5.91 Å². The molecule has 2 aliphatic rings. The van der Waals surface area contributed by atoms with Crippen molar-refractivity contribution in [2.45, 2.75) is 52.1 Å². The van der Waals surface area contributed by atoms with E-state index < -0.39 is 6.10 Å². The topological polar surface area (TPSA) is 53.4 Å². The molecule has 5 heteroatoms. The summed E-state index contributed by atoms with van der Waals surface area (Å²) in [7, 11) is 1.82. The third-order valence-corrected chi connectivity index (χ3v) is 8.87. The fourth-order valence-corrected chi connectivity index (χ4v) is 7.43. The van der Waals surface area contributed by atoms with Crippen LogP contribution in [0.2, 0.25) is 0 Å². The molecular formula is C26H34N2O2S. The molecule has 31 heavy (non-hydrogen) atoms. The molecule has 1 amide bonds. The lowest BCUT2D eigenvalue weighted by atomic mass is 9.53. The number of hydrogen-bond donors (Lipinski definition) is 1. The average molecular weight is 439 g/mol. The van der Waals surface area contributed by atoms with Crippen molar-refractivity contribution in [2.75, 3.05) is 13.6 Å². The second-order valence-electron chi connectivity index (χ2n) is 9.83. The summed E-state index contributed by atoms with van der Waals surface area (Å²) >= 11 is 1.81. The van der Waals surface area contributed by atoms with Gasteiger partial charge in [0.25, 0.3) is 0 Å². The zero-order valence-corrected chi connectivity index (χ0v) is 19.9. The molecular weight excluding hydrogens is 404 g/mol. The normalized spacial score (nSPS) is 30.7. The fourth-order valence-electron chi connectivity index (χ4n) is 6.07. The zero-order chi connectivity index (χ0) is 22.3. The predicted octanol–water partition coefficient (Wildman–Crippen LogP) is 5.14. The Morgan fingerprint density at radius 3 is 2.81 bits per heavy atom. The van der Waals surface area contributed by atoms with Gasteiger partial charge in [-0.3, -0.25) is 4.79 Å². The highest BCUT2D eigenvalue weighted by molar-refractivity contribution is 7.15. The van der Waals surface area contributed by atoms with Gasteiger partial charge < -0.3 is 10.0 Å². The molecule has 1 N–H and O–H groups in total. The summed E-state index contributed by atoms with van der Waals surface area (Å²) in [5, 5.41) is 12.6. The SMILES string of the molecule is C=CCN(C)C(=O)C(C)C1CCC2(C)Cc3sc(-c4ccccc4)nc3C(C)C2C1O. The third kappa shape index (κ3) is 3.87. The second kappa shape index (κ2) is 8.51. The number of amides is 1. The summed E-state index contributed by atoms with van der Waals surface area (Å²) in [5.41, 5.74) is 2.34. The van der Waals surface area contributed by atoms with Crippen molar-refractivity contribution in [1.82, 2.24) is 9.88 Å². The molecule has 0 spiro atoms. The molecule has 0 saturated heterocycles. The van der Waals surface area contributed by atoms with Gasteiger partial charge in [-0.1, -0.05) is 57.2 Å². The standard InChI is InChI=1S/C26H34N2O2S/c1-6-14-28(5)25(30)16(2)19-12-13-26(4)15-20-22(17(3)21(26)23(19)29)27-24(31-20)18-10-8-7-9-11-18/h6-11,16-17,19,21,23,29H,1,12-15H2,2-5H3. The highest BCUT2D eigenvalue weighted by Crippen LogP contribution is 2.57. The maximum absolute atomic E-state index is 12.9. The van der Waals surface area contributed by atoms with Crippen LogP contribution in [0.3, 0.4) is 0 Å². The largest absolute Gasteiger partial charge is 0.392 e. The number of aliphatic hydroxyl groups is 1. The van der Waals surface area contributed by atoms with Crippen LogP contribution in [0.1, 0.15) is 50.1 Å². The van der Waals surface area contributed by atoms with Crippen molar-refractivity contribution >= 4 is 17.2 Å². The number of fused-ring (bicyclic) bond motifs is 2. The quantitative estimate of drug-likeness (QED) is 0.658. The van der Waals surface area contributed by atoms with E-state index >= 15 is 0 Å². The lowest BCUT2D eigenvalue weighted by Crippen LogP contribution is -2.53. The number of benzene rings is 1. The van der Waals surface area contributed by atoms with Crippen LogP contribution in [0.15, 0.2) is 43.0 Å². The van der Waals surface area contributed by atoms with Gasteiger partial charge in [0.05, 0.1) is 11.8 Å². The van der Waals surface area contributed by atoms with Gasteiger partial charge in [-0.15, -0.1) is 17.9 Å². The first-order chi connectivity index (χ1) is 14.8. The van der Waals surface area contributed by atoms with Crippen LogP contribution in [0.25, 0.3) is 10.6 Å². The maximum Gasteiger partial charge on any atom is 0.225 e.